The molecule has 0 aromatic rings. The zero-order chi connectivity index (χ0) is 8.72. The zero-order valence-electron chi connectivity index (χ0n) is 7.50. The molecule has 66 valence electrons. The summed E-state index contributed by atoms with van der Waals surface area (Å²) in [5.41, 5.74) is -0.496. The van der Waals surface area contributed by atoms with Gasteiger partial charge in [-0.1, -0.05) is 6.92 Å². The van der Waals surface area contributed by atoms with E-state index in [1.54, 1.807) is 0 Å². The van der Waals surface area contributed by atoms with Crippen LogP contribution in [0.4, 0.5) is 0 Å². The lowest BCUT2D eigenvalue weighted by Gasteiger charge is -2.38. The van der Waals surface area contributed by atoms with Crippen molar-refractivity contribution in [2.45, 2.75) is 32.3 Å². The first-order valence-electron chi connectivity index (χ1n) is 4.75. The van der Waals surface area contributed by atoms with Crippen LogP contribution in [0.2, 0.25) is 0 Å². The maximum absolute atomic E-state index is 11.7. The first kappa shape index (κ1) is 7.07. The Morgan fingerprint density at radius 2 is 2.17 bits per heavy atom. The highest BCUT2D eigenvalue weighted by atomic mass is 16.3. The molecule has 0 unspecified atom stereocenters. The molecule has 1 N–H and O–H groups in total. The van der Waals surface area contributed by atoms with Gasteiger partial charge in [-0.3, -0.25) is 4.79 Å². The quantitative estimate of drug-likeness (QED) is 0.582. The predicted octanol–water partition coefficient (Wildman–Crippen LogP) is 0.982. The Morgan fingerprint density at radius 3 is 2.50 bits per heavy atom. The Bertz CT molecular complexity index is 282. The number of fused-ring (bicyclic) bond motifs is 1. The van der Waals surface area contributed by atoms with E-state index in [2.05, 4.69) is 6.92 Å². The molecular formula is C10H14O2. The van der Waals surface area contributed by atoms with Crippen molar-refractivity contribution in [1.29, 1.82) is 0 Å². The second-order valence-corrected chi connectivity index (χ2v) is 5.18. The summed E-state index contributed by atoms with van der Waals surface area (Å²) in [4.78, 5) is 11.7. The molecule has 0 heterocycles. The van der Waals surface area contributed by atoms with Crippen LogP contribution in [0.5, 0.6) is 0 Å². The van der Waals surface area contributed by atoms with Gasteiger partial charge in [0.25, 0.3) is 0 Å². The molecule has 0 aliphatic heterocycles. The maximum Gasteiger partial charge on any atom is 0.142 e. The van der Waals surface area contributed by atoms with E-state index >= 15 is 0 Å². The van der Waals surface area contributed by atoms with Gasteiger partial charge < -0.3 is 5.11 Å². The van der Waals surface area contributed by atoms with Crippen LogP contribution in [-0.2, 0) is 4.79 Å². The first-order chi connectivity index (χ1) is 5.49. The highest BCUT2D eigenvalue weighted by Crippen LogP contribution is 2.76. The summed E-state index contributed by atoms with van der Waals surface area (Å²) >= 11 is 0. The van der Waals surface area contributed by atoms with Gasteiger partial charge in [-0.05, 0) is 25.2 Å². The molecule has 0 aromatic carbocycles. The van der Waals surface area contributed by atoms with Crippen molar-refractivity contribution in [3.8, 4) is 0 Å². The normalized spacial score (nSPS) is 66.9. The Hall–Kier alpha value is -0.370. The molecule has 0 amide bonds. The minimum absolute atomic E-state index is 0.0330. The van der Waals surface area contributed by atoms with Gasteiger partial charge in [0.15, 0.2) is 0 Å². The topological polar surface area (TPSA) is 37.3 Å². The smallest absolute Gasteiger partial charge is 0.142 e. The number of carbonyl (C=O) groups is 1. The first-order valence-corrected chi connectivity index (χ1v) is 4.75. The maximum atomic E-state index is 11.7. The minimum Gasteiger partial charge on any atom is -0.389 e. The SMILES string of the molecule is C[C@@]1(O)[C@@H]2CC[C@@]3(C)[C@@H](C2=O)[C@@H]13. The van der Waals surface area contributed by atoms with Crippen molar-refractivity contribution in [2.75, 3.05) is 0 Å². The van der Waals surface area contributed by atoms with Gasteiger partial charge in [0.05, 0.1) is 5.60 Å². The van der Waals surface area contributed by atoms with Crippen molar-refractivity contribution in [1.82, 2.24) is 0 Å². The summed E-state index contributed by atoms with van der Waals surface area (Å²) in [6, 6.07) is 0. The van der Waals surface area contributed by atoms with E-state index in [9.17, 15) is 9.90 Å². The zero-order valence-corrected chi connectivity index (χ0v) is 7.50. The summed E-state index contributed by atoms with van der Waals surface area (Å²) in [6.45, 7) is 4.01. The number of hydrogen-bond acceptors (Lipinski definition) is 2. The molecule has 4 bridgehead atoms. The van der Waals surface area contributed by atoms with Gasteiger partial charge in [-0.15, -0.1) is 0 Å². The van der Waals surface area contributed by atoms with Crippen LogP contribution in [0.3, 0.4) is 0 Å². The molecule has 0 aromatic heterocycles. The van der Waals surface area contributed by atoms with E-state index in [1.165, 1.54) is 0 Å². The Morgan fingerprint density at radius 1 is 1.50 bits per heavy atom. The van der Waals surface area contributed by atoms with Crippen molar-refractivity contribution >= 4 is 5.78 Å². The molecule has 2 nitrogen and oxygen atoms in total. The highest BCUT2D eigenvalue weighted by molar-refractivity contribution is 5.93. The molecule has 4 aliphatic carbocycles. The molecule has 0 spiro atoms. The van der Waals surface area contributed by atoms with Gasteiger partial charge in [0.2, 0.25) is 0 Å². The van der Waals surface area contributed by atoms with E-state index in [-0.39, 0.29) is 23.2 Å². The van der Waals surface area contributed by atoms with Crippen LogP contribution in [-0.4, -0.2) is 16.5 Å². The third-order valence-electron chi connectivity index (χ3n) is 4.60. The second-order valence-electron chi connectivity index (χ2n) is 5.18. The Balaban J connectivity index is 2.13. The molecule has 5 atom stereocenters. The number of carbonyl (C=O) groups excluding carboxylic acids is 1. The molecule has 4 aliphatic rings. The Kier molecular flexibility index (Phi) is 0.885. The van der Waals surface area contributed by atoms with E-state index in [1.807, 2.05) is 6.92 Å². The number of hydrogen-bond donors (Lipinski definition) is 1. The fourth-order valence-electron chi connectivity index (χ4n) is 3.98. The van der Waals surface area contributed by atoms with Gasteiger partial charge >= 0.3 is 0 Å². The lowest BCUT2D eigenvalue weighted by atomic mass is 9.69. The van der Waals surface area contributed by atoms with Crippen molar-refractivity contribution in [3.05, 3.63) is 0 Å². The van der Waals surface area contributed by atoms with E-state index < -0.39 is 5.60 Å². The van der Waals surface area contributed by atoms with Crippen molar-refractivity contribution in [2.24, 2.45) is 23.2 Å². The molecule has 2 heteroatoms. The van der Waals surface area contributed by atoms with Gasteiger partial charge in [0.1, 0.15) is 5.78 Å². The fourth-order valence-corrected chi connectivity index (χ4v) is 3.98. The fraction of sp³-hybridized carbons (Fsp3) is 0.900. The standard InChI is InChI=1S/C10H14O2/c1-9-4-3-5-7(11)6(9)8(9)10(5,2)12/h5-6,8,12H,3-4H2,1-2H3/t5-,6+,8-,9+,10-/m1/s1. The number of aliphatic hydroxyl groups is 1. The molecule has 12 heavy (non-hydrogen) atoms. The van der Waals surface area contributed by atoms with Gasteiger partial charge in [-0.2, -0.15) is 0 Å². The largest absolute Gasteiger partial charge is 0.389 e. The summed E-state index contributed by atoms with van der Waals surface area (Å²) < 4.78 is 0. The van der Waals surface area contributed by atoms with Crippen LogP contribution in [0, 0.1) is 23.2 Å². The summed E-state index contributed by atoms with van der Waals surface area (Å²) in [5.74, 6) is 0.815. The van der Waals surface area contributed by atoms with E-state index in [0.717, 1.165) is 12.8 Å². The summed E-state index contributed by atoms with van der Waals surface area (Å²) in [6.07, 6.45) is 2.06. The predicted molar refractivity (Wildman–Crippen MR) is 43.4 cm³/mol. The van der Waals surface area contributed by atoms with E-state index in [0.29, 0.717) is 5.78 Å². The van der Waals surface area contributed by atoms with Crippen LogP contribution >= 0.6 is 0 Å². The summed E-state index contributed by atoms with van der Waals surface area (Å²) in [7, 11) is 0. The third-order valence-corrected chi connectivity index (χ3v) is 4.60. The molecular weight excluding hydrogens is 152 g/mol. The summed E-state index contributed by atoms with van der Waals surface area (Å²) in [5, 5.41) is 10.1. The highest BCUT2D eigenvalue weighted by Gasteiger charge is 2.80. The molecule has 4 rings (SSSR count). The average molecular weight is 166 g/mol. The molecule has 0 radical (unpaired) electrons. The van der Waals surface area contributed by atoms with Crippen molar-refractivity contribution < 1.29 is 9.90 Å². The van der Waals surface area contributed by atoms with Gasteiger partial charge in [0, 0.05) is 17.8 Å². The molecule has 0 saturated heterocycles. The number of Topliss-reactive ketones (excluding diaryl/α,β-unsaturated/α-hetero) is 1. The van der Waals surface area contributed by atoms with E-state index in [4.69, 9.17) is 0 Å². The van der Waals surface area contributed by atoms with Crippen LogP contribution in [0.15, 0.2) is 0 Å². The Labute approximate surface area is 72.0 Å². The monoisotopic (exact) mass is 166 g/mol. The lowest BCUT2D eigenvalue weighted by molar-refractivity contribution is -0.134. The van der Waals surface area contributed by atoms with Crippen LogP contribution < -0.4 is 0 Å². The molecule has 4 saturated carbocycles. The van der Waals surface area contributed by atoms with Crippen molar-refractivity contribution in [3.63, 3.8) is 0 Å². The minimum atomic E-state index is -0.672. The number of ketones is 1. The second kappa shape index (κ2) is 1.50. The molecule has 4 fully saturated rings. The van der Waals surface area contributed by atoms with Crippen LogP contribution in [0.25, 0.3) is 0 Å². The third kappa shape index (κ3) is 0.457. The lowest BCUT2D eigenvalue weighted by Crippen LogP contribution is -2.44. The van der Waals surface area contributed by atoms with Crippen LogP contribution in [0.1, 0.15) is 26.7 Å². The average Bonchev–Trinajstić information content (AvgIpc) is 2.51. The number of rotatable bonds is 0. The van der Waals surface area contributed by atoms with Gasteiger partial charge in [-0.25, -0.2) is 0 Å².